The lowest BCUT2D eigenvalue weighted by molar-refractivity contribution is 0.637. The first-order chi connectivity index (χ1) is 6.74. The second-order valence-corrected chi connectivity index (χ2v) is 4.18. The van der Waals surface area contributed by atoms with E-state index in [0.29, 0.717) is 5.92 Å². The molecule has 3 nitrogen and oxygen atoms in total. The maximum Gasteiger partial charge on any atom is 0.0522 e. The fraction of sp³-hybridized carbons (Fsp3) is 0.727. The number of hydrogen-bond acceptors (Lipinski definition) is 2. The quantitative estimate of drug-likeness (QED) is 0.679. The average Bonchev–Trinajstić information content (AvgIpc) is 2.52. The second kappa shape index (κ2) is 5.81. The molecule has 14 heavy (non-hydrogen) atoms. The van der Waals surface area contributed by atoms with Crippen LogP contribution < -0.4 is 5.32 Å². The molecule has 2 N–H and O–H groups in total. The van der Waals surface area contributed by atoms with E-state index in [4.69, 9.17) is 0 Å². The number of rotatable bonds is 6. The van der Waals surface area contributed by atoms with E-state index in [1.807, 2.05) is 13.2 Å². The van der Waals surface area contributed by atoms with E-state index in [-0.39, 0.29) is 0 Å². The number of hydrogen-bond donors (Lipinski definition) is 2. The van der Waals surface area contributed by atoms with E-state index in [9.17, 15) is 0 Å². The normalized spacial score (nSPS) is 11.1. The van der Waals surface area contributed by atoms with Crippen molar-refractivity contribution in [2.24, 2.45) is 5.92 Å². The van der Waals surface area contributed by atoms with Gasteiger partial charge < -0.3 is 5.32 Å². The minimum absolute atomic E-state index is 0.704. The van der Waals surface area contributed by atoms with Gasteiger partial charge in [0.25, 0.3) is 0 Å². The highest BCUT2D eigenvalue weighted by Gasteiger charge is 2.06. The zero-order valence-corrected chi connectivity index (χ0v) is 9.43. The maximum atomic E-state index is 4.11. The molecule has 0 aliphatic carbocycles. The third-order valence-corrected chi connectivity index (χ3v) is 2.29. The van der Waals surface area contributed by atoms with Crippen LogP contribution >= 0.6 is 0 Å². The highest BCUT2D eigenvalue weighted by atomic mass is 15.1. The summed E-state index contributed by atoms with van der Waals surface area (Å²) in [7, 11) is 1.99. The number of aromatic nitrogens is 2. The smallest absolute Gasteiger partial charge is 0.0522 e. The highest BCUT2D eigenvalue weighted by Crippen LogP contribution is 2.12. The lowest BCUT2D eigenvalue weighted by Gasteiger charge is -2.05. The lowest BCUT2D eigenvalue weighted by atomic mass is 10.0. The van der Waals surface area contributed by atoms with Crippen molar-refractivity contribution in [3.63, 3.8) is 0 Å². The molecule has 1 aromatic heterocycles. The number of nitrogens with one attached hydrogen (secondary N) is 2. The Labute approximate surface area is 86.3 Å². The molecule has 3 heteroatoms. The van der Waals surface area contributed by atoms with Gasteiger partial charge in [-0.25, -0.2) is 0 Å². The molecule has 0 amide bonds. The van der Waals surface area contributed by atoms with Crippen molar-refractivity contribution in [1.82, 2.24) is 15.5 Å². The summed E-state index contributed by atoms with van der Waals surface area (Å²) < 4.78 is 0. The van der Waals surface area contributed by atoms with Crippen molar-refractivity contribution in [1.29, 1.82) is 0 Å². The molecule has 0 bridgehead atoms. The zero-order valence-electron chi connectivity index (χ0n) is 9.43. The van der Waals surface area contributed by atoms with Gasteiger partial charge in [-0.3, -0.25) is 5.10 Å². The van der Waals surface area contributed by atoms with Crippen molar-refractivity contribution in [3.8, 4) is 0 Å². The summed E-state index contributed by atoms with van der Waals surface area (Å²) in [5.41, 5.74) is 2.70. The highest BCUT2D eigenvalue weighted by molar-refractivity contribution is 5.16. The van der Waals surface area contributed by atoms with E-state index >= 15 is 0 Å². The molecule has 80 valence electrons. The molecule has 0 aliphatic rings. The predicted molar refractivity (Wildman–Crippen MR) is 59.4 cm³/mol. The topological polar surface area (TPSA) is 40.7 Å². The van der Waals surface area contributed by atoms with Crippen LogP contribution in [0.15, 0.2) is 6.20 Å². The van der Waals surface area contributed by atoms with Gasteiger partial charge in [-0.1, -0.05) is 13.8 Å². The van der Waals surface area contributed by atoms with Gasteiger partial charge in [-0.2, -0.15) is 5.10 Å². The number of H-pyrrole nitrogens is 1. The van der Waals surface area contributed by atoms with Crippen molar-refractivity contribution in [2.45, 2.75) is 33.1 Å². The Balaban J connectivity index is 2.45. The Kier molecular flexibility index (Phi) is 4.66. The molecular formula is C11H21N3. The van der Waals surface area contributed by atoms with Crippen LogP contribution in [0.3, 0.4) is 0 Å². The average molecular weight is 195 g/mol. The predicted octanol–water partition coefficient (Wildman–Crippen LogP) is 1.76. The second-order valence-electron chi connectivity index (χ2n) is 4.18. The largest absolute Gasteiger partial charge is 0.320 e. The Morgan fingerprint density at radius 3 is 2.93 bits per heavy atom. The molecule has 0 aromatic carbocycles. The SMILES string of the molecule is CNCCCc1[nH]ncc1CC(C)C. The third kappa shape index (κ3) is 3.50. The van der Waals surface area contributed by atoms with Gasteiger partial charge in [0, 0.05) is 5.69 Å². The first-order valence-corrected chi connectivity index (χ1v) is 5.39. The molecule has 0 aliphatic heterocycles. The molecule has 0 radical (unpaired) electrons. The van der Waals surface area contributed by atoms with E-state index in [1.54, 1.807) is 0 Å². The third-order valence-electron chi connectivity index (χ3n) is 2.29. The van der Waals surface area contributed by atoms with E-state index in [0.717, 1.165) is 19.4 Å². The van der Waals surface area contributed by atoms with Gasteiger partial charge in [0.2, 0.25) is 0 Å². The first kappa shape index (κ1) is 11.2. The first-order valence-electron chi connectivity index (χ1n) is 5.39. The number of aryl methyl sites for hydroxylation is 1. The molecule has 0 saturated heterocycles. The van der Waals surface area contributed by atoms with Gasteiger partial charge >= 0.3 is 0 Å². The number of nitrogens with zero attached hydrogens (tertiary/aromatic N) is 1. The summed E-state index contributed by atoms with van der Waals surface area (Å²) in [6, 6.07) is 0. The zero-order chi connectivity index (χ0) is 10.4. The van der Waals surface area contributed by atoms with E-state index in [1.165, 1.54) is 17.7 Å². The minimum atomic E-state index is 0.704. The van der Waals surface area contributed by atoms with Gasteiger partial charge in [0.05, 0.1) is 6.20 Å². The molecule has 0 atom stereocenters. The summed E-state index contributed by atoms with van der Waals surface area (Å²) in [5, 5.41) is 10.4. The summed E-state index contributed by atoms with van der Waals surface area (Å²) >= 11 is 0. The molecule has 0 spiro atoms. The molecule has 1 aromatic rings. The van der Waals surface area contributed by atoms with E-state index in [2.05, 4.69) is 29.4 Å². The molecule has 0 fully saturated rings. The molecule has 1 heterocycles. The molecular weight excluding hydrogens is 174 g/mol. The Morgan fingerprint density at radius 1 is 1.50 bits per heavy atom. The fourth-order valence-electron chi connectivity index (χ4n) is 1.61. The van der Waals surface area contributed by atoms with Gasteiger partial charge in [0.15, 0.2) is 0 Å². The minimum Gasteiger partial charge on any atom is -0.320 e. The maximum absolute atomic E-state index is 4.11. The van der Waals surface area contributed by atoms with Gasteiger partial charge in [-0.15, -0.1) is 0 Å². The van der Waals surface area contributed by atoms with Crippen LogP contribution in [0.4, 0.5) is 0 Å². The number of aromatic amines is 1. The van der Waals surface area contributed by atoms with E-state index < -0.39 is 0 Å². The van der Waals surface area contributed by atoms with Crippen LogP contribution in [0.1, 0.15) is 31.5 Å². The standard InChI is InChI=1S/C11H21N3/c1-9(2)7-10-8-13-14-11(10)5-4-6-12-3/h8-9,12H,4-7H2,1-3H3,(H,13,14). The van der Waals surface area contributed by atoms with Crippen LogP contribution in [0.2, 0.25) is 0 Å². The Hall–Kier alpha value is -0.830. The summed E-state index contributed by atoms with van der Waals surface area (Å²) in [6.45, 7) is 5.55. The van der Waals surface area contributed by atoms with Crippen LogP contribution in [-0.2, 0) is 12.8 Å². The van der Waals surface area contributed by atoms with Crippen molar-refractivity contribution in [3.05, 3.63) is 17.5 Å². The summed E-state index contributed by atoms with van der Waals surface area (Å²) in [6.07, 6.45) is 5.37. The van der Waals surface area contributed by atoms with Gasteiger partial charge in [-0.05, 0) is 44.3 Å². The van der Waals surface area contributed by atoms with Crippen molar-refractivity contribution in [2.75, 3.05) is 13.6 Å². The van der Waals surface area contributed by atoms with Crippen LogP contribution in [0.5, 0.6) is 0 Å². The summed E-state index contributed by atoms with van der Waals surface area (Å²) in [5.74, 6) is 0.704. The van der Waals surface area contributed by atoms with Crippen LogP contribution in [0, 0.1) is 5.92 Å². The molecule has 0 saturated carbocycles. The Bertz CT molecular complexity index is 253. The molecule has 0 unspecified atom stereocenters. The molecule has 1 rings (SSSR count). The summed E-state index contributed by atoms with van der Waals surface area (Å²) in [4.78, 5) is 0. The fourth-order valence-corrected chi connectivity index (χ4v) is 1.61. The van der Waals surface area contributed by atoms with Crippen LogP contribution in [0.25, 0.3) is 0 Å². The monoisotopic (exact) mass is 195 g/mol. The Morgan fingerprint density at radius 2 is 2.29 bits per heavy atom. The van der Waals surface area contributed by atoms with Crippen molar-refractivity contribution >= 4 is 0 Å². The van der Waals surface area contributed by atoms with Crippen LogP contribution in [-0.4, -0.2) is 23.8 Å². The van der Waals surface area contributed by atoms with Crippen molar-refractivity contribution < 1.29 is 0 Å². The lowest BCUT2D eigenvalue weighted by Crippen LogP contribution is -2.09. The van der Waals surface area contributed by atoms with Gasteiger partial charge in [0.1, 0.15) is 0 Å².